The second-order valence-electron chi connectivity index (χ2n) is 2.89. The number of carbonyl (C=O) groups excluding carboxylic acids is 2. The molecule has 0 aliphatic carbocycles. The Hall–Kier alpha value is -0.770. The zero-order valence-corrected chi connectivity index (χ0v) is 9.19. The van der Waals surface area contributed by atoms with Crippen LogP contribution in [0.4, 0.5) is 0 Å². The maximum Gasteiger partial charge on any atom is 0.221 e. The third-order valence-electron chi connectivity index (χ3n) is 1.57. The van der Waals surface area contributed by atoms with Crippen molar-refractivity contribution in [2.75, 3.05) is 19.0 Å². The normalized spacial score (nSPS) is 9.57. The lowest BCUT2D eigenvalue weighted by Crippen LogP contribution is -2.31. The van der Waals surface area contributed by atoms with Crippen molar-refractivity contribution in [1.82, 2.24) is 10.6 Å². The van der Waals surface area contributed by atoms with Gasteiger partial charge in [-0.3, -0.25) is 9.59 Å². The van der Waals surface area contributed by atoms with Crippen LogP contribution < -0.4 is 10.6 Å². The predicted molar refractivity (Wildman–Crippen MR) is 56.3 cm³/mol. The van der Waals surface area contributed by atoms with E-state index in [0.29, 0.717) is 31.8 Å². The standard InChI is InChI=1S/C9H17ClN2O2/c1-2-6-11-9(14)4-7-12-8(13)3-5-10/h2-7H2,1H3,(H,11,14)(H,12,13). The van der Waals surface area contributed by atoms with Crippen LogP contribution in [-0.2, 0) is 9.59 Å². The van der Waals surface area contributed by atoms with E-state index in [1.54, 1.807) is 0 Å². The molecule has 0 atom stereocenters. The molecular formula is C9H17ClN2O2. The molecular weight excluding hydrogens is 204 g/mol. The monoisotopic (exact) mass is 220 g/mol. The largest absolute Gasteiger partial charge is 0.356 e. The summed E-state index contributed by atoms with van der Waals surface area (Å²) in [6.45, 7) is 3.06. The topological polar surface area (TPSA) is 58.2 Å². The summed E-state index contributed by atoms with van der Waals surface area (Å²) in [5.41, 5.74) is 0. The van der Waals surface area contributed by atoms with Crippen molar-refractivity contribution in [3.8, 4) is 0 Å². The van der Waals surface area contributed by atoms with Crippen LogP contribution in [0, 0.1) is 0 Å². The highest BCUT2D eigenvalue weighted by Gasteiger charge is 2.02. The second kappa shape index (κ2) is 8.81. The van der Waals surface area contributed by atoms with Gasteiger partial charge in [-0.2, -0.15) is 0 Å². The fourth-order valence-corrected chi connectivity index (χ4v) is 1.01. The number of rotatable bonds is 7. The minimum Gasteiger partial charge on any atom is -0.356 e. The van der Waals surface area contributed by atoms with Gasteiger partial charge in [0, 0.05) is 31.8 Å². The minimum absolute atomic E-state index is 0.0296. The summed E-state index contributed by atoms with van der Waals surface area (Å²) in [6.07, 6.45) is 1.55. The van der Waals surface area contributed by atoms with Gasteiger partial charge >= 0.3 is 0 Å². The molecule has 2 N–H and O–H groups in total. The summed E-state index contributed by atoms with van der Waals surface area (Å²) in [5, 5.41) is 5.33. The highest BCUT2D eigenvalue weighted by Crippen LogP contribution is 1.85. The molecule has 5 heteroatoms. The van der Waals surface area contributed by atoms with E-state index >= 15 is 0 Å². The van der Waals surface area contributed by atoms with Gasteiger partial charge in [0.1, 0.15) is 0 Å². The average Bonchev–Trinajstić information content (AvgIpc) is 2.15. The number of carbonyl (C=O) groups is 2. The molecule has 0 spiro atoms. The summed E-state index contributed by atoms with van der Waals surface area (Å²) in [6, 6.07) is 0. The van der Waals surface area contributed by atoms with Crippen molar-refractivity contribution >= 4 is 23.4 Å². The molecule has 4 nitrogen and oxygen atoms in total. The quantitative estimate of drug-likeness (QED) is 0.619. The number of hydrogen-bond acceptors (Lipinski definition) is 2. The van der Waals surface area contributed by atoms with Crippen LogP contribution in [0.25, 0.3) is 0 Å². The third-order valence-corrected chi connectivity index (χ3v) is 1.76. The van der Waals surface area contributed by atoms with Gasteiger partial charge in [0.25, 0.3) is 0 Å². The van der Waals surface area contributed by atoms with E-state index in [2.05, 4.69) is 10.6 Å². The van der Waals surface area contributed by atoms with Crippen LogP contribution in [0.2, 0.25) is 0 Å². The maximum absolute atomic E-state index is 11.1. The van der Waals surface area contributed by atoms with Gasteiger partial charge in [0.05, 0.1) is 0 Å². The van der Waals surface area contributed by atoms with E-state index in [9.17, 15) is 9.59 Å². The van der Waals surface area contributed by atoms with Crippen LogP contribution in [0.15, 0.2) is 0 Å². The van der Waals surface area contributed by atoms with Crippen LogP contribution >= 0.6 is 11.6 Å². The van der Waals surface area contributed by atoms with E-state index in [-0.39, 0.29) is 11.8 Å². The second-order valence-corrected chi connectivity index (χ2v) is 3.27. The van der Waals surface area contributed by atoms with Crippen LogP contribution in [0.3, 0.4) is 0 Å². The van der Waals surface area contributed by atoms with Crippen LogP contribution in [0.1, 0.15) is 26.2 Å². The highest BCUT2D eigenvalue weighted by molar-refractivity contribution is 6.18. The molecule has 82 valence electrons. The molecule has 14 heavy (non-hydrogen) atoms. The molecule has 0 aromatic rings. The summed E-state index contributed by atoms with van der Waals surface area (Å²) in [4.78, 5) is 22.0. The van der Waals surface area contributed by atoms with E-state index in [4.69, 9.17) is 11.6 Å². The maximum atomic E-state index is 11.1. The van der Waals surface area contributed by atoms with E-state index < -0.39 is 0 Å². The van der Waals surface area contributed by atoms with E-state index in [1.807, 2.05) is 6.92 Å². The number of nitrogens with one attached hydrogen (secondary N) is 2. The van der Waals surface area contributed by atoms with E-state index in [0.717, 1.165) is 6.42 Å². The van der Waals surface area contributed by atoms with Gasteiger partial charge in [-0.15, -0.1) is 11.6 Å². The molecule has 0 radical (unpaired) electrons. The lowest BCUT2D eigenvalue weighted by molar-refractivity contribution is -0.122. The Balaban J connectivity index is 3.34. The smallest absolute Gasteiger partial charge is 0.221 e. The fraction of sp³-hybridized carbons (Fsp3) is 0.778. The van der Waals surface area contributed by atoms with Crippen molar-refractivity contribution in [2.45, 2.75) is 26.2 Å². The Kier molecular flexibility index (Phi) is 8.33. The Morgan fingerprint density at radius 2 is 1.64 bits per heavy atom. The Morgan fingerprint density at radius 1 is 1.07 bits per heavy atom. The number of halogens is 1. The highest BCUT2D eigenvalue weighted by atomic mass is 35.5. The fourth-order valence-electron chi connectivity index (χ4n) is 0.842. The van der Waals surface area contributed by atoms with Gasteiger partial charge in [-0.1, -0.05) is 6.92 Å². The molecule has 0 saturated carbocycles. The first-order chi connectivity index (χ1) is 6.70. The molecule has 2 amide bonds. The SMILES string of the molecule is CCCNC(=O)CCNC(=O)CCCl. The number of alkyl halides is 1. The molecule has 0 unspecified atom stereocenters. The van der Waals surface area contributed by atoms with Gasteiger partial charge in [0.15, 0.2) is 0 Å². The molecule has 0 fully saturated rings. The summed E-state index contributed by atoms with van der Waals surface area (Å²) >= 11 is 5.37. The Morgan fingerprint density at radius 3 is 2.21 bits per heavy atom. The molecule has 0 heterocycles. The Labute approximate surface area is 89.4 Å². The zero-order valence-electron chi connectivity index (χ0n) is 8.44. The summed E-state index contributed by atoms with van der Waals surface area (Å²) in [5.74, 6) is 0.176. The lowest BCUT2D eigenvalue weighted by Gasteiger charge is -2.04. The van der Waals surface area contributed by atoms with Gasteiger partial charge in [-0.25, -0.2) is 0 Å². The van der Waals surface area contributed by atoms with Crippen molar-refractivity contribution in [1.29, 1.82) is 0 Å². The molecule has 0 aromatic carbocycles. The van der Waals surface area contributed by atoms with Crippen LogP contribution in [0.5, 0.6) is 0 Å². The van der Waals surface area contributed by atoms with Gasteiger partial charge in [0.2, 0.25) is 11.8 Å². The van der Waals surface area contributed by atoms with Crippen molar-refractivity contribution in [3.05, 3.63) is 0 Å². The predicted octanol–water partition coefficient (Wildman–Crippen LogP) is 0.648. The van der Waals surface area contributed by atoms with E-state index in [1.165, 1.54) is 0 Å². The lowest BCUT2D eigenvalue weighted by atomic mass is 10.3. The number of amides is 2. The summed E-state index contributed by atoms with van der Waals surface area (Å²) < 4.78 is 0. The molecule has 0 rings (SSSR count). The van der Waals surface area contributed by atoms with Crippen molar-refractivity contribution in [3.63, 3.8) is 0 Å². The molecule has 0 aliphatic heterocycles. The van der Waals surface area contributed by atoms with Crippen molar-refractivity contribution < 1.29 is 9.59 Å². The first-order valence-electron chi connectivity index (χ1n) is 4.80. The number of hydrogen-bond donors (Lipinski definition) is 2. The third kappa shape index (κ3) is 7.86. The van der Waals surface area contributed by atoms with Gasteiger partial charge < -0.3 is 10.6 Å². The average molecular weight is 221 g/mol. The molecule has 0 bridgehead atoms. The van der Waals surface area contributed by atoms with Crippen molar-refractivity contribution in [2.24, 2.45) is 0 Å². The first-order valence-corrected chi connectivity index (χ1v) is 5.33. The van der Waals surface area contributed by atoms with Gasteiger partial charge in [-0.05, 0) is 6.42 Å². The summed E-state index contributed by atoms with van der Waals surface area (Å²) in [7, 11) is 0. The Bertz CT molecular complexity index is 186. The van der Waals surface area contributed by atoms with Crippen LogP contribution in [-0.4, -0.2) is 30.8 Å². The molecule has 0 aromatic heterocycles. The molecule has 0 aliphatic rings. The zero-order chi connectivity index (χ0) is 10.8. The minimum atomic E-state index is -0.108. The molecule has 0 saturated heterocycles. The first kappa shape index (κ1) is 13.2.